The highest BCUT2D eigenvalue weighted by atomic mass is 15.4. The van der Waals surface area contributed by atoms with Crippen molar-refractivity contribution >= 4 is 0 Å². The topological polar surface area (TPSA) is 21.8 Å². The third kappa shape index (κ3) is 4.88. The van der Waals surface area contributed by atoms with E-state index in [2.05, 4.69) is 108 Å². The monoisotopic (exact) mass is 402 g/mol. The fourth-order valence-corrected chi connectivity index (χ4v) is 3.88. The van der Waals surface area contributed by atoms with Gasteiger partial charge in [-0.25, -0.2) is 0 Å². The second kappa shape index (κ2) is 10.1. The van der Waals surface area contributed by atoms with Gasteiger partial charge in [0.2, 0.25) is 0 Å². The summed E-state index contributed by atoms with van der Waals surface area (Å²) >= 11 is 0. The van der Waals surface area contributed by atoms with Crippen molar-refractivity contribution in [1.29, 1.82) is 0 Å². The molecule has 158 valence electrons. The van der Waals surface area contributed by atoms with Crippen LogP contribution < -0.4 is 5.32 Å². The molecule has 2 aromatic carbocycles. The van der Waals surface area contributed by atoms with Gasteiger partial charge in [0.15, 0.2) is 0 Å². The van der Waals surface area contributed by atoms with Gasteiger partial charge in [-0.05, 0) is 23.7 Å². The molecule has 0 saturated heterocycles. The van der Waals surface area contributed by atoms with Crippen LogP contribution in [0.5, 0.6) is 0 Å². The van der Waals surface area contributed by atoms with Crippen molar-refractivity contribution < 1.29 is 0 Å². The van der Waals surface area contributed by atoms with Crippen molar-refractivity contribution in [3.8, 4) is 0 Å². The molecule has 30 heavy (non-hydrogen) atoms. The summed E-state index contributed by atoms with van der Waals surface area (Å²) in [6.07, 6.45) is 3.96. The number of hydrogen-bond donors (Lipinski definition) is 1. The molecule has 4 nitrogen and oxygen atoms in total. The number of likely N-dealkylation sites (N-methyl/N-ethyl adjacent to an activating group) is 1. The Bertz CT molecular complexity index is 872. The van der Waals surface area contributed by atoms with Crippen LogP contribution in [0.2, 0.25) is 0 Å². The molecule has 0 radical (unpaired) electrons. The van der Waals surface area contributed by atoms with Crippen molar-refractivity contribution in [2.24, 2.45) is 0 Å². The molecular formula is C26H34N4. The van der Waals surface area contributed by atoms with Crippen molar-refractivity contribution in [3.05, 3.63) is 108 Å². The molecule has 0 aliphatic carbocycles. The standard InChI is InChI=1S/C26H34N4/c1-6-18-29(5)21(3)25-26(28(4)7-2)27-24(19-22-14-10-8-11-15-22)30(25)20-23-16-12-9-13-17-23/h7-17,24,27H,2-3,6,18-20H2,1,4-5H3. The van der Waals surface area contributed by atoms with E-state index in [0.717, 1.165) is 43.1 Å². The fraction of sp³-hybridized carbons (Fsp3) is 0.308. The smallest absolute Gasteiger partial charge is 0.133 e. The first kappa shape index (κ1) is 21.6. The van der Waals surface area contributed by atoms with Crippen LogP contribution in [0.3, 0.4) is 0 Å². The fourth-order valence-electron chi connectivity index (χ4n) is 3.88. The van der Waals surface area contributed by atoms with E-state index in [-0.39, 0.29) is 6.17 Å². The molecule has 1 atom stereocenters. The number of hydrogen-bond acceptors (Lipinski definition) is 4. The summed E-state index contributed by atoms with van der Waals surface area (Å²) in [5.41, 5.74) is 4.75. The first-order valence-electron chi connectivity index (χ1n) is 10.7. The molecule has 1 unspecified atom stereocenters. The first-order valence-corrected chi connectivity index (χ1v) is 10.7. The second-order valence-electron chi connectivity index (χ2n) is 7.82. The van der Waals surface area contributed by atoms with Crippen LogP contribution in [0.15, 0.2) is 97.2 Å². The summed E-state index contributed by atoms with van der Waals surface area (Å²) < 4.78 is 0. The summed E-state index contributed by atoms with van der Waals surface area (Å²) in [5, 5.41) is 3.76. The van der Waals surface area contributed by atoms with Gasteiger partial charge in [0.05, 0.1) is 5.70 Å². The predicted molar refractivity (Wildman–Crippen MR) is 126 cm³/mol. The Morgan fingerprint density at radius 1 is 1.03 bits per heavy atom. The van der Waals surface area contributed by atoms with E-state index < -0.39 is 0 Å². The largest absolute Gasteiger partial charge is 0.373 e. The molecule has 0 fully saturated rings. The van der Waals surface area contributed by atoms with E-state index in [1.54, 1.807) is 0 Å². The molecule has 0 bridgehead atoms. The molecule has 1 aliphatic heterocycles. The lowest BCUT2D eigenvalue weighted by molar-refractivity contribution is 0.240. The van der Waals surface area contributed by atoms with Crippen molar-refractivity contribution in [3.63, 3.8) is 0 Å². The number of nitrogens with one attached hydrogen (secondary N) is 1. The average molecular weight is 403 g/mol. The van der Waals surface area contributed by atoms with E-state index in [9.17, 15) is 0 Å². The SMILES string of the molecule is C=CN(C)C1=C(C(=C)N(C)CCC)N(Cc2ccccc2)C(Cc2ccccc2)N1. The van der Waals surface area contributed by atoms with Gasteiger partial charge in [0.25, 0.3) is 0 Å². The number of benzene rings is 2. The van der Waals surface area contributed by atoms with Crippen molar-refractivity contribution in [2.75, 3.05) is 20.6 Å². The molecule has 0 amide bonds. The highest BCUT2D eigenvalue weighted by Crippen LogP contribution is 2.32. The summed E-state index contributed by atoms with van der Waals surface area (Å²) in [4.78, 5) is 6.76. The molecule has 1 heterocycles. The third-order valence-electron chi connectivity index (χ3n) is 5.58. The highest BCUT2D eigenvalue weighted by molar-refractivity contribution is 5.36. The Labute approximate surface area is 181 Å². The van der Waals surface area contributed by atoms with Gasteiger partial charge in [-0.15, -0.1) is 0 Å². The molecular weight excluding hydrogens is 368 g/mol. The van der Waals surface area contributed by atoms with E-state index in [1.165, 1.54) is 11.1 Å². The Hall–Kier alpha value is -3.14. The van der Waals surface area contributed by atoms with Gasteiger partial charge in [-0.1, -0.05) is 80.7 Å². The molecule has 1 N–H and O–H groups in total. The van der Waals surface area contributed by atoms with Crippen LogP contribution >= 0.6 is 0 Å². The Balaban J connectivity index is 2.00. The van der Waals surface area contributed by atoms with Crippen LogP contribution in [0.25, 0.3) is 0 Å². The zero-order valence-corrected chi connectivity index (χ0v) is 18.5. The Morgan fingerprint density at radius 2 is 1.63 bits per heavy atom. The molecule has 4 heteroatoms. The highest BCUT2D eigenvalue weighted by Gasteiger charge is 2.35. The molecule has 0 saturated carbocycles. The zero-order chi connectivity index (χ0) is 21.5. The quantitative estimate of drug-likeness (QED) is 0.618. The van der Waals surface area contributed by atoms with Crippen LogP contribution in [0.1, 0.15) is 24.5 Å². The molecule has 0 aromatic heterocycles. The number of rotatable bonds is 10. The minimum atomic E-state index is 0.131. The summed E-state index contributed by atoms with van der Waals surface area (Å²) in [5.74, 6) is 1.05. The molecule has 0 spiro atoms. The van der Waals surface area contributed by atoms with E-state index in [4.69, 9.17) is 0 Å². The summed E-state index contributed by atoms with van der Waals surface area (Å²) in [7, 11) is 4.16. The van der Waals surface area contributed by atoms with E-state index in [0.29, 0.717) is 0 Å². The van der Waals surface area contributed by atoms with Crippen LogP contribution in [-0.2, 0) is 13.0 Å². The van der Waals surface area contributed by atoms with Crippen LogP contribution in [0.4, 0.5) is 0 Å². The second-order valence-corrected chi connectivity index (χ2v) is 7.82. The maximum atomic E-state index is 4.48. The van der Waals surface area contributed by atoms with Gasteiger partial charge in [-0.2, -0.15) is 0 Å². The lowest BCUT2D eigenvalue weighted by Gasteiger charge is -2.32. The maximum Gasteiger partial charge on any atom is 0.133 e. The van der Waals surface area contributed by atoms with Gasteiger partial charge in [-0.3, -0.25) is 0 Å². The Morgan fingerprint density at radius 3 is 2.20 bits per heavy atom. The van der Waals surface area contributed by atoms with Crippen molar-refractivity contribution in [2.45, 2.75) is 32.5 Å². The lowest BCUT2D eigenvalue weighted by atomic mass is 10.1. The van der Waals surface area contributed by atoms with E-state index >= 15 is 0 Å². The minimum Gasteiger partial charge on any atom is -0.373 e. The Kier molecular flexibility index (Phi) is 7.23. The number of nitrogens with zero attached hydrogens (tertiary/aromatic N) is 3. The third-order valence-corrected chi connectivity index (χ3v) is 5.58. The average Bonchev–Trinajstić information content (AvgIpc) is 3.12. The van der Waals surface area contributed by atoms with Gasteiger partial charge in [0.1, 0.15) is 17.7 Å². The van der Waals surface area contributed by atoms with Gasteiger partial charge < -0.3 is 20.0 Å². The van der Waals surface area contributed by atoms with Crippen LogP contribution in [-0.4, -0.2) is 41.5 Å². The molecule has 1 aliphatic rings. The zero-order valence-electron chi connectivity index (χ0n) is 18.5. The maximum absolute atomic E-state index is 4.48. The van der Waals surface area contributed by atoms with Gasteiger partial charge in [0, 0.05) is 33.6 Å². The lowest BCUT2D eigenvalue weighted by Crippen LogP contribution is -2.40. The van der Waals surface area contributed by atoms with Crippen LogP contribution in [0, 0.1) is 0 Å². The summed E-state index contributed by atoms with van der Waals surface area (Å²) in [6, 6.07) is 21.3. The van der Waals surface area contributed by atoms with Gasteiger partial charge >= 0.3 is 0 Å². The predicted octanol–water partition coefficient (Wildman–Crippen LogP) is 4.76. The van der Waals surface area contributed by atoms with Crippen molar-refractivity contribution in [1.82, 2.24) is 20.0 Å². The van der Waals surface area contributed by atoms with E-state index in [1.807, 2.05) is 13.2 Å². The first-order chi connectivity index (χ1) is 14.5. The molecule has 2 aromatic rings. The minimum absolute atomic E-state index is 0.131. The molecule has 3 rings (SSSR count). The normalized spacial score (nSPS) is 15.7. The summed E-state index contributed by atoms with van der Waals surface area (Å²) in [6.45, 7) is 12.4.